The molecule has 3 aromatic carbocycles. The van der Waals surface area contributed by atoms with Crippen molar-refractivity contribution in [1.29, 1.82) is 0 Å². The number of carbonyl (C=O) groups excluding carboxylic acids is 2. The van der Waals surface area contributed by atoms with Crippen molar-refractivity contribution >= 4 is 17.6 Å². The Labute approximate surface area is 238 Å². The minimum atomic E-state index is -0.309. The van der Waals surface area contributed by atoms with E-state index in [1.54, 1.807) is 12.1 Å². The molecular weight excluding hydrogens is 498 g/mol. The van der Waals surface area contributed by atoms with E-state index in [0.717, 1.165) is 45.3 Å². The molecule has 4 rings (SSSR count). The van der Waals surface area contributed by atoms with Gasteiger partial charge in [0.2, 0.25) is 0 Å². The molecule has 0 saturated carbocycles. The van der Waals surface area contributed by atoms with Gasteiger partial charge >= 0.3 is 6.03 Å². The molecular formula is C33H43N5O2. The zero-order valence-electron chi connectivity index (χ0n) is 23.6. The summed E-state index contributed by atoms with van der Waals surface area (Å²) in [5.41, 5.74) is 3.60. The van der Waals surface area contributed by atoms with Gasteiger partial charge in [0.05, 0.1) is 17.3 Å². The Bertz CT molecular complexity index is 1140. The average Bonchev–Trinajstić information content (AvgIpc) is 3.00. The van der Waals surface area contributed by atoms with Crippen LogP contribution in [0.15, 0.2) is 84.9 Å². The molecule has 0 spiro atoms. The molecule has 1 aliphatic rings. The fourth-order valence-electron chi connectivity index (χ4n) is 5.28. The van der Waals surface area contributed by atoms with Crippen LogP contribution in [0.25, 0.3) is 0 Å². The van der Waals surface area contributed by atoms with Crippen LogP contribution in [0.2, 0.25) is 0 Å². The summed E-state index contributed by atoms with van der Waals surface area (Å²) in [5.74, 6) is 0.252. The number of amides is 3. The number of nitrogens with zero attached hydrogens (tertiary/aromatic N) is 1. The first kappa shape index (κ1) is 29.3. The second-order valence-corrected chi connectivity index (χ2v) is 10.4. The normalized spacial score (nSPS) is 14.2. The lowest BCUT2D eigenvalue weighted by atomic mass is 9.91. The maximum atomic E-state index is 13.1. The zero-order valence-corrected chi connectivity index (χ0v) is 23.6. The Balaban J connectivity index is 1.26. The molecule has 0 radical (unpaired) electrons. The van der Waals surface area contributed by atoms with Gasteiger partial charge in [-0.05, 0) is 68.1 Å². The third kappa shape index (κ3) is 8.66. The van der Waals surface area contributed by atoms with Crippen LogP contribution in [0.4, 0.5) is 10.5 Å². The van der Waals surface area contributed by atoms with Crippen molar-refractivity contribution in [3.8, 4) is 0 Å². The summed E-state index contributed by atoms with van der Waals surface area (Å²) < 4.78 is 0. The highest BCUT2D eigenvalue weighted by molar-refractivity contribution is 6.03. The quantitative estimate of drug-likeness (QED) is 0.218. The van der Waals surface area contributed by atoms with Crippen molar-refractivity contribution in [2.45, 2.75) is 38.6 Å². The van der Waals surface area contributed by atoms with Crippen LogP contribution < -0.4 is 21.3 Å². The van der Waals surface area contributed by atoms with E-state index < -0.39 is 0 Å². The molecule has 0 unspecified atom stereocenters. The second-order valence-electron chi connectivity index (χ2n) is 10.4. The highest BCUT2D eigenvalue weighted by Gasteiger charge is 2.27. The summed E-state index contributed by atoms with van der Waals surface area (Å²) >= 11 is 0. The van der Waals surface area contributed by atoms with Gasteiger partial charge in [0, 0.05) is 19.6 Å². The third-order valence-electron chi connectivity index (χ3n) is 7.51. The van der Waals surface area contributed by atoms with Crippen LogP contribution in [-0.2, 0) is 0 Å². The summed E-state index contributed by atoms with van der Waals surface area (Å²) in [6.07, 6.45) is 4.30. The van der Waals surface area contributed by atoms with Gasteiger partial charge in [0.15, 0.2) is 0 Å². The van der Waals surface area contributed by atoms with E-state index in [1.807, 2.05) is 12.1 Å². The second kappa shape index (κ2) is 15.8. The third-order valence-corrected chi connectivity index (χ3v) is 7.51. The van der Waals surface area contributed by atoms with Gasteiger partial charge in [0.25, 0.3) is 5.91 Å². The number of hydrogen-bond donors (Lipinski definition) is 4. The molecule has 3 amide bonds. The van der Waals surface area contributed by atoms with Crippen molar-refractivity contribution in [2.75, 3.05) is 44.6 Å². The van der Waals surface area contributed by atoms with Crippen LogP contribution in [0, 0.1) is 5.92 Å². The Morgan fingerprint density at radius 1 is 0.800 bits per heavy atom. The van der Waals surface area contributed by atoms with E-state index in [1.165, 1.54) is 11.1 Å². The van der Waals surface area contributed by atoms with Gasteiger partial charge in [-0.25, -0.2) is 4.79 Å². The van der Waals surface area contributed by atoms with Crippen molar-refractivity contribution < 1.29 is 9.59 Å². The van der Waals surface area contributed by atoms with E-state index in [2.05, 4.69) is 93.8 Å². The maximum absolute atomic E-state index is 13.1. The number of benzene rings is 3. The van der Waals surface area contributed by atoms with E-state index in [9.17, 15) is 9.59 Å². The van der Waals surface area contributed by atoms with Crippen LogP contribution in [-0.4, -0.2) is 56.1 Å². The van der Waals surface area contributed by atoms with Gasteiger partial charge in [-0.2, -0.15) is 0 Å². The highest BCUT2D eigenvalue weighted by atomic mass is 16.2. The lowest BCUT2D eigenvalue weighted by Crippen LogP contribution is -2.41. The molecule has 1 saturated heterocycles. The topological polar surface area (TPSA) is 85.5 Å². The van der Waals surface area contributed by atoms with Crippen LogP contribution in [0.1, 0.15) is 60.1 Å². The first-order valence-electron chi connectivity index (χ1n) is 14.6. The fourth-order valence-corrected chi connectivity index (χ4v) is 5.28. The number of anilines is 1. The first-order chi connectivity index (χ1) is 19.7. The Hall–Kier alpha value is -3.68. The average molecular weight is 542 g/mol. The minimum absolute atomic E-state index is 0.161. The molecule has 0 atom stereocenters. The smallest absolute Gasteiger partial charge is 0.319 e. The van der Waals surface area contributed by atoms with Crippen molar-refractivity contribution in [3.63, 3.8) is 0 Å². The zero-order chi connectivity index (χ0) is 28.0. The Kier molecular flexibility index (Phi) is 11.6. The summed E-state index contributed by atoms with van der Waals surface area (Å²) in [6, 6.07) is 28.5. The number of carbonyl (C=O) groups is 2. The molecule has 40 heavy (non-hydrogen) atoms. The lowest BCUT2D eigenvalue weighted by molar-refractivity contribution is 0.0931. The summed E-state index contributed by atoms with van der Waals surface area (Å²) in [5, 5.41) is 12.1. The molecule has 212 valence electrons. The number of unbranched alkanes of at least 4 members (excludes halogenated alkanes) is 1. The fraction of sp³-hybridized carbons (Fsp3) is 0.394. The summed E-state index contributed by atoms with van der Waals surface area (Å²) in [6.45, 7) is 6.91. The Morgan fingerprint density at radius 3 is 2.08 bits per heavy atom. The number of nitrogens with one attached hydrogen (secondary N) is 4. The molecule has 0 aliphatic carbocycles. The number of piperidine rings is 1. The largest absolute Gasteiger partial charge is 0.352 e. The number of urea groups is 1. The van der Waals surface area contributed by atoms with Crippen LogP contribution in [0.3, 0.4) is 0 Å². The standard InChI is InChI=1S/C33H43N5O2/c1-2-3-20-34-21-22-35-33(40)37-30-17-11-10-16-29(30)32(39)36-25-26-18-23-38(24-19-26)31(27-12-6-4-7-13-27)28-14-8-5-9-15-28/h4-17,26,31,34H,2-3,18-25H2,1H3,(H,36,39)(H2,35,37,40). The number of rotatable bonds is 13. The summed E-state index contributed by atoms with van der Waals surface area (Å²) in [4.78, 5) is 28.0. The van der Waals surface area contributed by atoms with Gasteiger partial charge < -0.3 is 21.3 Å². The minimum Gasteiger partial charge on any atom is -0.352 e. The Morgan fingerprint density at radius 2 is 1.43 bits per heavy atom. The molecule has 1 aliphatic heterocycles. The lowest BCUT2D eigenvalue weighted by Gasteiger charge is -2.38. The van der Waals surface area contributed by atoms with E-state index in [4.69, 9.17) is 0 Å². The molecule has 1 fully saturated rings. The summed E-state index contributed by atoms with van der Waals surface area (Å²) in [7, 11) is 0. The predicted molar refractivity (Wildman–Crippen MR) is 163 cm³/mol. The SMILES string of the molecule is CCCCNCCNC(=O)Nc1ccccc1C(=O)NCC1CCN(C(c2ccccc2)c2ccccc2)CC1. The van der Waals surface area contributed by atoms with Crippen molar-refractivity contribution in [2.24, 2.45) is 5.92 Å². The number of para-hydroxylation sites is 1. The van der Waals surface area contributed by atoms with Gasteiger partial charge in [-0.1, -0.05) is 86.1 Å². The van der Waals surface area contributed by atoms with Crippen molar-refractivity contribution in [1.82, 2.24) is 20.9 Å². The van der Waals surface area contributed by atoms with Gasteiger partial charge in [-0.3, -0.25) is 9.69 Å². The first-order valence-corrected chi connectivity index (χ1v) is 14.6. The van der Waals surface area contributed by atoms with E-state index >= 15 is 0 Å². The van der Waals surface area contributed by atoms with Crippen LogP contribution in [0.5, 0.6) is 0 Å². The van der Waals surface area contributed by atoms with Crippen molar-refractivity contribution in [3.05, 3.63) is 102 Å². The van der Waals surface area contributed by atoms with Crippen LogP contribution >= 0.6 is 0 Å². The molecule has 7 heteroatoms. The maximum Gasteiger partial charge on any atom is 0.319 e. The number of hydrogen-bond acceptors (Lipinski definition) is 4. The van der Waals surface area contributed by atoms with Gasteiger partial charge in [-0.15, -0.1) is 0 Å². The molecule has 7 nitrogen and oxygen atoms in total. The molecule has 3 aromatic rings. The molecule has 1 heterocycles. The molecule has 0 aromatic heterocycles. The highest BCUT2D eigenvalue weighted by Crippen LogP contribution is 2.32. The number of likely N-dealkylation sites (tertiary alicyclic amines) is 1. The monoisotopic (exact) mass is 541 g/mol. The van der Waals surface area contributed by atoms with E-state index in [0.29, 0.717) is 36.8 Å². The predicted octanol–water partition coefficient (Wildman–Crippen LogP) is 5.43. The van der Waals surface area contributed by atoms with Gasteiger partial charge in [0.1, 0.15) is 0 Å². The molecule has 0 bridgehead atoms. The van der Waals surface area contributed by atoms with E-state index in [-0.39, 0.29) is 18.0 Å². The molecule has 4 N–H and O–H groups in total.